The molecule has 25 heavy (non-hydrogen) atoms. The van der Waals surface area contributed by atoms with Crippen molar-refractivity contribution in [3.8, 4) is 11.3 Å². The maximum atomic E-state index is 12.8. The third-order valence-electron chi connectivity index (χ3n) is 3.07. The van der Waals surface area contributed by atoms with Crippen LogP contribution in [-0.2, 0) is 11.0 Å². The molecule has 0 N–H and O–H groups in total. The molecule has 132 valence electrons. The lowest BCUT2D eigenvalue weighted by molar-refractivity contribution is -0.137. The molecule has 0 aliphatic heterocycles. The van der Waals surface area contributed by atoms with E-state index in [1.165, 1.54) is 18.2 Å². The van der Waals surface area contributed by atoms with Crippen molar-refractivity contribution in [3.05, 3.63) is 52.6 Å². The smallest absolute Gasteiger partial charge is 0.416 e. The van der Waals surface area contributed by atoms with E-state index in [1.54, 1.807) is 31.1 Å². The lowest BCUT2D eigenvalue weighted by Crippen LogP contribution is -2.16. The molecule has 8 heteroatoms. The van der Waals surface area contributed by atoms with Gasteiger partial charge in [-0.2, -0.15) is 13.2 Å². The molecule has 1 aromatic heterocycles. The van der Waals surface area contributed by atoms with E-state index in [0.29, 0.717) is 26.8 Å². The number of furan rings is 1. The number of alkyl halides is 3. The lowest BCUT2D eigenvalue weighted by Gasteiger charge is -2.11. The topological polar surface area (TPSA) is 33.5 Å². The van der Waals surface area contributed by atoms with E-state index < -0.39 is 11.7 Å². The number of aldehydes is 1. The Hall–Kier alpha value is -2.06. The molecule has 0 amide bonds. The fourth-order valence-corrected chi connectivity index (χ4v) is 2.75. The molecule has 2 aromatic rings. The van der Waals surface area contributed by atoms with Gasteiger partial charge in [-0.15, -0.1) is 0 Å². The average molecular weight is 385 g/mol. The van der Waals surface area contributed by atoms with Crippen LogP contribution in [0.15, 0.2) is 45.7 Å². The van der Waals surface area contributed by atoms with Crippen LogP contribution in [-0.4, -0.2) is 29.6 Å². The Balaban J connectivity index is 2.26. The molecule has 0 fully saturated rings. The fraction of sp³-hybridized carbons (Fsp3) is 0.176. The Bertz CT molecular complexity index is 810. The van der Waals surface area contributed by atoms with E-state index in [0.717, 1.165) is 23.9 Å². The Morgan fingerprint density at radius 1 is 1.24 bits per heavy atom. The van der Waals surface area contributed by atoms with E-state index in [2.05, 4.69) is 0 Å². The normalized spacial score (nSPS) is 12.1. The first-order valence-corrected chi connectivity index (χ1v) is 8.26. The zero-order valence-electron chi connectivity index (χ0n) is 13.3. The van der Waals surface area contributed by atoms with Gasteiger partial charge in [-0.05, 0) is 30.3 Å². The number of benzene rings is 1. The van der Waals surface area contributed by atoms with Gasteiger partial charge in [-0.25, -0.2) is 0 Å². The number of halogens is 3. The van der Waals surface area contributed by atoms with Crippen LogP contribution in [0.5, 0.6) is 0 Å². The maximum Gasteiger partial charge on any atom is 0.416 e. The molecule has 0 aliphatic carbocycles. The van der Waals surface area contributed by atoms with Crippen LogP contribution in [0.1, 0.15) is 11.3 Å². The molecular formula is C17H14F3NO2S2. The molecule has 1 aromatic carbocycles. The summed E-state index contributed by atoms with van der Waals surface area (Å²) in [5, 5.41) is 0. The Labute approximate surface area is 152 Å². The number of allylic oxidation sites excluding steroid dienone is 1. The summed E-state index contributed by atoms with van der Waals surface area (Å²) in [7, 11) is 3.52. The van der Waals surface area contributed by atoms with Crippen LogP contribution >= 0.6 is 24.0 Å². The predicted molar refractivity (Wildman–Crippen MR) is 97.1 cm³/mol. The van der Waals surface area contributed by atoms with Gasteiger partial charge in [0.1, 0.15) is 15.8 Å². The van der Waals surface area contributed by atoms with Crippen molar-refractivity contribution in [1.82, 2.24) is 4.90 Å². The van der Waals surface area contributed by atoms with Crippen LogP contribution < -0.4 is 0 Å². The van der Waals surface area contributed by atoms with Crippen molar-refractivity contribution in [2.45, 2.75) is 6.18 Å². The molecule has 0 saturated heterocycles. The molecule has 0 radical (unpaired) electrons. The molecule has 0 aliphatic rings. The van der Waals surface area contributed by atoms with Gasteiger partial charge >= 0.3 is 6.18 Å². The van der Waals surface area contributed by atoms with Gasteiger partial charge in [0.25, 0.3) is 0 Å². The maximum absolute atomic E-state index is 12.8. The summed E-state index contributed by atoms with van der Waals surface area (Å²) in [6, 6.07) is 7.99. The monoisotopic (exact) mass is 385 g/mol. The first-order valence-electron chi connectivity index (χ1n) is 7.04. The highest BCUT2D eigenvalue weighted by atomic mass is 32.2. The van der Waals surface area contributed by atoms with E-state index in [4.69, 9.17) is 16.6 Å². The zero-order chi connectivity index (χ0) is 18.6. The highest BCUT2D eigenvalue weighted by Crippen LogP contribution is 2.33. The van der Waals surface area contributed by atoms with Gasteiger partial charge in [0.15, 0.2) is 6.29 Å². The first kappa shape index (κ1) is 19.3. The molecule has 0 bridgehead atoms. The van der Waals surface area contributed by atoms with E-state index >= 15 is 0 Å². The summed E-state index contributed by atoms with van der Waals surface area (Å²) in [5.74, 6) is 0.631. The molecule has 0 unspecified atom stereocenters. The summed E-state index contributed by atoms with van der Waals surface area (Å²) in [6.45, 7) is 0. The van der Waals surface area contributed by atoms with Crippen molar-refractivity contribution >= 4 is 40.7 Å². The molecular weight excluding hydrogens is 371 g/mol. The van der Waals surface area contributed by atoms with Gasteiger partial charge in [0.05, 0.1) is 10.5 Å². The zero-order valence-corrected chi connectivity index (χ0v) is 15.0. The SMILES string of the molecule is CN(C)C(=S)S/C(C=O)=C/c1ccc(-c2cccc(C(F)(F)F)c2)o1. The molecule has 0 spiro atoms. The summed E-state index contributed by atoms with van der Waals surface area (Å²) in [4.78, 5) is 13.2. The van der Waals surface area contributed by atoms with Crippen molar-refractivity contribution in [2.75, 3.05) is 14.1 Å². The lowest BCUT2D eigenvalue weighted by atomic mass is 10.1. The number of carbonyl (C=O) groups is 1. The van der Waals surface area contributed by atoms with Crippen molar-refractivity contribution in [1.29, 1.82) is 0 Å². The number of carbonyl (C=O) groups excluding carboxylic acids is 1. The van der Waals surface area contributed by atoms with Crippen LogP contribution in [0.3, 0.4) is 0 Å². The average Bonchev–Trinajstić information content (AvgIpc) is 3.02. The number of rotatable bonds is 4. The predicted octanol–water partition coefficient (Wildman–Crippen LogP) is 5.08. The van der Waals surface area contributed by atoms with Gasteiger partial charge in [0.2, 0.25) is 0 Å². The van der Waals surface area contributed by atoms with Crippen molar-refractivity contribution < 1.29 is 22.4 Å². The molecule has 1 heterocycles. The molecule has 2 rings (SSSR count). The first-order chi connectivity index (χ1) is 11.7. The second kappa shape index (κ2) is 7.88. The van der Waals surface area contributed by atoms with Crippen LogP contribution in [0.4, 0.5) is 13.2 Å². The minimum Gasteiger partial charge on any atom is -0.457 e. The minimum atomic E-state index is -4.42. The molecule has 0 atom stereocenters. The summed E-state index contributed by atoms with van der Waals surface area (Å²) < 4.78 is 44.4. The second-order valence-corrected chi connectivity index (χ2v) is 6.91. The van der Waals surface area contributed by atoms with Gasteiger partial charge in [-0.3, -0.25) is 4.79 Å². The number of thiocarbonyl (C=S) groups is 1. The van der Waals surface area contributed by atoms with Gasteiger partial charge < -0.3 is 9.32 Å². The van der Waals surface area contributed by atoms with Crippen molar-refractivity contribution in [3.63, 3.8) is 0 Å². The minimum absolute atomic E-state index is 0.280. The van der Waals surface area contributed by atoms with E-state index in [-0.39, 0.29) is 5.76 Å². The second-order valence-electron chi connectivity index (χ2n) is 5.21. The molecule has 3 nitrogen and oxygen atoms in total. The Morgan fingerprint density at radius 3 is 2.56 bits per heavy atom. The highest BCUT2D eigenvalue weighted by molar-refractivity contribution is 8.26. The number of nitrogens with zero attached hydrogens (tertiary/aromatic N) is 1. The summed E-state index contributed by atoms with van der Waals surface area (Å²) in [5.41, 5.74) is -0.447. The third-order valence-corrected chi connectivity index (χ3v) is 4.68. The van der Waals surface area contributed by atoms with E-state index in [9.17, 15) is 18.0 Å². The standard InChI is InChI=1S/C17H14F3NO2S2/c1-21(2)16(24)25-14(10-22)9-13-6-7-15(23-13)11-4-3-5-12(8-11)17(18,19)20/h3-10H,1-2H3/b14-9+. The van der Waals surface area contributed by atoms with Gasteiger partial charge in [0, 0.05) is 19.7 Å². The Morgan fingerprint density at radius 2 is 1.96 bits per heavy atom. The quantitative estimate of drug-likeness (QED) is 0.416. The largest absolute Gasteiger partial charge is 0.457 e. The highest BCUT2D eigenvalue weighted by Gasteiger charge is 2.30. The third kappa shape index (κ3) is 5.20. The molecule has 0 saturated carbocycles. The van der Waals surface area contributed by atoms with Crippen LogP contribution in [0, 0.1) is 0 Å². The number of thioether (sulfide) groups is 1. The number of hydrogen-bond acceptors (Lipinski definition) is 4. The summed E-state index contributed by atoms with van der Waals surface area (Å²) in [6.07, 6.45) is -2.29. The van der Waals surface area contributed by atoms with Crippen LogP contribution in [0.25, 0.3) is 17.4 Å². The van der Waals surface area contributed by atoms with Gasteiger partial charge in [-0.1, -0.05) is 36.1 Å². The van der Waals surface area contributed by atoms with E-state index in [1.807, 2.05) is 0 Å². The summed E-state index contributed by atoms with van der Waals surface area (Å²) >= 11 is 6.22. The fourth-order valence-electron chi connectivity index (χ4n) is 1.85. The Kier molecular flexibility index (Phi) is 6.07. The van der Waals surface area contributed by atoms with Crippen molar-refractivity contribution in [2.24, 2.45) is 0 Å². The van der Waals surface area contributed by atoms with Crippen LogP contribution in [0.2, 0.25) is 0 Å². The number of hydrogen-bond donors (Lipinski definition) is 0.